The van der Waals surface area contributed by atoms with Gasteiger partial charge in [0, 0.05) is 5.69 Å². The summed E-state index contributed by atoms with van der Waals surface area (Å²) in [7, 11) is 0. The Morgan fingerprint density at radius 3 is 2.69 bits per heavy atom. The Morgan fingerprint density at radius 1 is 1.12 bits per heavy atom. The van der Waals surface area contributed by atoms with Crippen molar-refractivity contribution in [2.75, 3.05) is 10.6 Å². The Balaban J connectivity index is 1.62. The van der Waals surface area contributed by atoms with Crippen LogP contribution in [0.15, 0.2) is 48.8 Å². The first kappa shape index (κ1) is 18.6. The highest BCUT2D eigenvalue weighted by Gasteiger charge is 2.07. The molecule has 0 fully saturated rings. The second kappa shape index (κ2) is 8.49. The van der Waals surface area contributed by atoms with E-state index in [1.54, 1.807) is 17.1 Å². The summed E-state index contributed by atoms with van der Waals surface area (Å²) in [6.07, 6.45) is 2.55. The molecule has 134 valence electrons. The number of nitrogens with zero attached hydrogens (tertiary/aromatic N) is 3. The first-order valence-corrected chi connectivity index (χ1v) is 9.21. The van der Waals surface area contributed by atoms with E-state index in [4.69, 9.17) is 35.4 Å². The maximum absolute atomic E-state index is 6.04. The van der Waals surface area contributed by atoms with Crippen LogP contribution in [0.5, 0.6) is 0 Å². The third kappa shape index (κ3) is 4.72. The van der Waals surface area contributed by atoms with Crippen LogP contribution in [0.3, 0.4) is 0 Å². The lowest BCUT2D eigenvalue weighted by Gasteiger charge is -2.11. The van der Waals surface area contributed by atoms with E-state index in [-0.39, 0.29) is 0 Å². The molecule has 0 atom stereocenters. The van der Waals surface area contributed by atoms with Crippen molar-refractivity contribution < 1.29 is 0 Å². The largest absolute Gasteiger partial charge is 0.332 e. The molecule has 8 heteroatoms. The van der Waals surface area contributed by atoms with Crippen molar-refractivity contribution in [3.8, 4) is 0 Å². The van der Waals surface area contributed by atoms with E-state index in [1.807, 2.05) is 30.3 Å². The lowest BCUT2D eigenvalue weighted by Crippen LogP contribution is -2.20. The fraction of sp³-hybridized carbons (Fsp3) is 0.167. The standard InChI is InChI=1S/C18H17Cl2N5S/c1-2-13-5-3-4-6-16(13)22-18(26)23-17-21-11-25(24-17)10-12-7-8-14(19)15(20)9-12/h3-9,11H,2,10H2,1H3,(H2,22,23,24,26). The minimum atomic E-state index is 0.427. The lowest BCUT2D eigenvalue weighted by molar-refractivity contribution is 0.687. The molecule has 1 aromatic heterocycles. The zero-order valence-electron chi connectivity index (χ0n) is 14.0. The highest BCUT2D eigenvalue weighted by atomic mass is 35.5. The fourth-order valence-corrected chi connectivity index (χ4v) is 2.98. The third-order valence-corrected chi connectivity index (χ3v) is 4.68. The quantitative estimate of drug-likeness (QED) is 0.584. The summed E-state index contributed by atoms with van der Waals surface area (Å²) in [5.74, 6) is 0.427. The predicted octanol–water partition coefficient (Wildman–Crippen LogP) is 5.00. The number of hydrogen-bond acceptors (Lipinski definition) is 3. The van der Waals surface area contributed by atoms with Gasteiger partial charge in [0.15, 0.2) is 5.11 Å². The molecule has 0 radical (unpaired) electrons. The van der Waals surface area contributed by atoms with Gasteiger partial charge >= 0.3 is 0 Å². The van der Waals surface area contributed by atoms with Gasteiger partial charge in [0.1, 0.15) is 6.33 Å². The second-order valence-electron chi connectivity index (χ2n) is 5.60. The van der Waals surface area contributed by atoms with E-state index >= 15 is 0 Å². The van der Waals surface area contributed by atoms with Gasteiger partial charge in [0.05, 0.1) is 16.6 Å². The number of nitrogens with one attached hydrogen (secondary N) is 2. The van der Waals surface area contributed by atoms with E-state index in [9.17, 15) is 0 Å². The molecule has 0 amide bonds. The van der Waals surface area contributed by atoms with Crippen molar-refractivity contribution in [3.63, 3.8) is 0 Å². The van der Waals surface area contributed by atoms with E-state index < -0.39 is 0 Å². The van der Waals surface area contributed by atoms with Gasteiger partial charge < -0.3 is 5.32 Å². The van der Waals surface area contributed by atoms with Crippen LogP contribution in [0.1, 0.15) is 18.1 Å². The number of benzene rings is 2. The Labute approximate surface area is 167 Å². The average molecular weight is 406 g/mol. The van der Waals surface area contributed by atoms with Gasteiger partial charge in [-0.1, -0.05) is 54.4 Å². The minimum absolute atomic E-state index is 0.427. The van der Waals surface area contributed by atoms with E-state index in [0.717, 1.165) is 17.7 Å². The van der Waals surface area contributed by atoms with Crippen molar-refractivity contribution in [3.05, 3.63) is 70.0 Å². The summed E-state index contributed by atoms with van der Waals surface area (Å²) in [5.41, 5.74) is 3.14. The van der Waals surface area contributed by atoms with Crippen molar-refractivity contribution in [2.45, 2.75) is 19.9 Å². The number of hydrogen-bond donors (Lipinski definition) is 2. The summed E-state index contributed by atoms with van der Waals surface area (Å²) in [5, 5.41) is 12.0. The summed E-state index contributed by atoms with van der Waals surface area (Å²) < 4.78 is 1.70. The maximum atomic E-state index is 6.04. The van der Waals surface area contributed by atoms with Gasteiger partial charge in [0.25, 0.3) is 0 Å². The van der Waals surface area contributed by atoms with Crippen LogP contribution >= 0.6 is 35.4 Å². The zero-order valence-corrected chi connectivity index (χ0v) is 16.4. The first-order valence-electron chi connectivity index (χ1n) is 8.04. The SMILES string of the molecule is CCc1ccccc1NC(=S)Nc1ncn(Cc2ccc(Cl)c(Cl)c2)n1. The highest BCUT2D eigenvalue weighted by molar-refractivity contribution is 7.80. The minimum Gasteiger partial charge on any atom is -0.332 e. The van der Waals surface area contributed by atoms with Crippen molar-refractivity contribution >= 4 is 52.2 Å². The smallest absolute Gasteiger partial charge is 0.248 e. The van der Waals surface area contributed by atoms with Crippen molar-refractivity contribution in [2.24, 2.45) is 0 Å². The Hall–Kier alpha value is -2.15. The molecule has 0 aliphatic carbocycles. The fourth-order valence-electron chi connectivity index (χ4n) is 2.46. The Morgan fingerprint density at radius 2 is 1.92 bits per heavy atom. The highest BCUT2D eigenvalue weighted by Crippen LogP contribution is 2.23. The molecule has 3 rings (SSSR count). The van der Waals surface area contributed by atoms with Gasteiger partial charge in [-0.25, -0.2) is 9.67 Å². The molecule has 0 aliphatic rings. The Bertz CT molecular complexity index is 925. The molecule has 0 unspecified atom stereocenters. The lowest BCUT2D eigenvalue weighted by atomic mass is 10.1. The van der Waals surface area contributed by atoms with Gasteiger partial charge in [-0.3, -0.25) is 5.32 Å². The van der Waals surface area contributed by atoms with Crippen molar-refractivity contribution in [1.82, 2.24) is 14.8 Å². The second-order valence-corrected chi connectivity index (χ2v) is 6.83. The molecule has 26 heavy (non-hydrogen) atoms. The van der Waals surface area contributed by atoms with Gasteiger partial charge in [0.2, 0.25) is 5.95 Å². The molecule has 5 nitrogen and oxygen atoms in total. The van der Waals surface area contributed by atoms with Gasteiger partial charge in [-0.05, 0) is 48.0 Å². The number of rotatable bonds is 5. The first-order chi connectivity index (χ1) is 12.5. The Kier molecular flexibility index (Phi) is 6.08. The van der Waals surface area contributed by atoms with Crippen molar-refractivity contribution in [1.29, 1.82) is 0 Å². The molecule has 0 aliphatic heterocycles. The number of thiocarbonyl (C=S) groups is 1. The molecule has 2 N–H and O–H groups in total. The average Bonchev–Trinajstić information content (AvgIpc) is 3.05. The van der Waals surface area contributed by atoms with Crippen LogP contribution in [0, 0.1) is 0 Å². The van der Waals surface area contributed by atoms with Crippen LogP contribution in [-0.4, -0.2) is 19.9 Å². The molecule has 0 spiro atoms. The van der Waals surface area contributed by atoms with Crippen LogP contribution in [0.4, 0.5) is 11.6 Å². The summed E-state index contributed by atoms with van der Waals surface area (Å²) in [6, 6.07) is 13.5. The van der Waals surface area contributed by atoms with E-state index in [0.29, 0.717) is 27.7 Å². The van der Waals surface area contributed by atoms with Crippen LogP contribution in [0.2, 0.25) is 10.0 Å². The zero-order chi connectivity index (χ0) is 18.5. The van der Waals surface area contributed by atoms with Gasteiger partial charge in [-0.15, -0.1) is 5.10 Å². The predicted molar refractivity (Wildman–Crippen MR) is 111 cm³/mol. The third-order valence-electron chi connectivity index (χ3n) is 3.74. The number of para-hydroxylation sites is 1. The number of aryl methyl sites for hydroxylation is 1. The summed E-state index contributed by atoms with van der Waals surface area (Å²) in [4.78, 5) is 4.23. The molecule has 2 aromatic carbocycles. The molecule has 0 bridgehead atoms. The molecular formula is C18H17Cl2N5S. The maximum Gasteiger partial charge on any atom is 0.248 e. The molecule has 3 aromatic rings. The normalized spacial score (nSPS) is 10.6. The summed E-state index contributed by atoms with van der Waals surface area (Å²) >= 11 is 17.3. The van der Waals surface area contributed by atoms with Crippen LogP contribution in [0.25, 0.3) is 0 Å². The topological polar surface area (TPSA) is 54.8 Å². The van der Waals surface area contributed by atoms with Crippen LogP contribution in [-0.2, 0) is 13.0 Å². The number of halogens is 2. The molecule has 0 saturated carbocycles. The van der Waals surface area contributed by atoms with Crippen LogP contribution < -0.4 is 10.6 Å². The number of aromatic nitrogens is 3. The van der Waals surface area contributed by atoms with E-state index in [1.165, 1.54) is 5.56 Å². The van der Waals surface area contributed by atoms with E-state index in [2.05, 4.69) is 33.7 Å². The number of anilines is 2. The summed E-state index contributed by atoms with van der Waals surface area (Å²) in [6.45, 7) is 2.63. The molecular weight excluding hydrogens is 389 g/mol. The molecule has 1 heterocycles. The van der Waals surface area contributed by atoms with Gasteiger partial charge in [-0.2, -0.15) is 0 Å². The molecule has 0 saturated heterocycles. The monoisotopic (exact) mass is 405 g/mol.